The fourth-order valence-corrected chi connectivity index (χ4v) is 3.55. The van der Waals surface area contributed by atoms with Crippen molar-refractivity contribution in [1.29, 1.82) is 0 Å². The number of halogens is 2. The maximum absolute atomic E-state index is 13.0. The van der Waals surface area contributed by atoms with Gasteiger partial charge >= 0.3 is 0 Å². The Bertz CT molecular complexity index is 366. The average Bonchev–Trinajstić information content (AvgIpc) is 2.77. The lowest BCUT2D eigenvalue weighted by atomic mass is 9.94. The highest BCUT2D eigenvalue weighted by molar-refractivity contribution is 7.99. The summed E-state index contributed by atoms with van der Waals surface area (Å²) in [7, 11) is 0. The number of nitrogens with two attached hydrogens (primary N) is 1. The van der Waals surface area contributed by atoms with Crippen molar-refractivity contribution in [2.24, 2.45) is 11.7 Å². The third-order valence-electron chi connectivity index (χ3n) is 3.03. The molecule has 1 aromatic carbocycles. The molecule has 1 aliphatic heterocycles. The normalized spacial score (nSPS) is 22.3. The van der Waals surface area contributed by atoms with Crippen molar-refractivity contribution in [2.75, 3.05) is 11.5 Å². The summed E-state index contributed by atoms with van der Waals surface area (Å²) in [6, 6.07) is 5.02. The van der Waals surface area contributed by atoms with Crippen LogP contribution in [0.25, 0.3) is 0 Å². The maximum atomic E-state index is 13.0. The second-order valence-electron chi connectivity index (χ2n) is 4.24. The molecule has 1 fully saturated rings. The molecule has 16 heavy (non-hydrogen) atoms. The van der Waals surface area contributed by atoms with Crippen LogP contribution in [-0.2, 0) is 6.42 Å². The molecule has 2 N–H and O–H groups in total. The molecule has 0 bridgehead atoms. The van der Waals surface area contributed by atoms with Gasteiger partial charge in [-0.25, -0.2) is 4.39 Å². The van der Waals surface area contributed by atoms with Crippen molar-refractivity contribution in [3.63, 3.8) is 0 Å². The predicted molar refractivity (Wildman–Crippen MR) is 68.5 cm³/mol. The van der Waals surface area contributed by atoms with Gasteiger partial charge in [0.25, 0.3) is 0 Å². The summed E-state index contributed by atoms with van der Waals surface area (Å²) in [4.78, 5) is 0. The Labute approximate surface area is 105 Å². The SMILES string of the molecule is NC(Cc1ccc(F)c(Cl)c1)C1CCSC1. The summed E-state index contributed by atoms with van der Waals surface area (Å²) in [5, 5.41) is 0.186. The van der Waals surface area contributed by atoms with E-state index >= 15 is 0 Å². The Morgan fingerprint density at radius 3 is 3.00 bits per heavy atom. The molecule has 2 unspecified atom stereocenters. The topological polar surface area (TPSA) is 26.0 Å². The molecule has 0 amide bonds. The van der Waals surface area contributed by atoms with Crippen molar-refractivity contribution >= 4 is 23.4 Å². The van der Waals surface area contributed by atoms with Gasteiger partial charge in [-0.1, -0.05) is 17.7 Å². The summed E-state index contributed by atoms with van der Waals surface area (Å²) < 4.78 is 13.0. The molecule has 1 aliphatic rings. The minimum Gasteiger partial charge on any atom is -0.327 e. The van der Waals surface area contributed by atoms with Crippen molar-refractivity contribution in [1.82, 2.24) is 0 Å². The van der Waals surface area contributed by atoms with Crippen LogP contribution >= 0.6 is 23.4 Å². The zero-order chi connectivity index (χ0) is 11.5. The Balaban J connectivity index is 1.99. The molecule has 0 aromatic heterocycles. The van der Waals surface area contributed by atoms with Gasteiger partial charge in [0.1, 0.15) is 5.82 Å². The monoisotopic (exact) mass is 259 g/mol. The van der Waals surface area contributed by atoms with Crippen LogP contribution < -0.4 is 5.73 Å². The van der Waals surface area contributed by atoms with Crippen molar-refractivity contribution in [3.05, 3.63) is 34.6 Å². The van der Waals surface area contributed by atoms with Crippen LogP contribution in [0.3, 0.4) is 0 Å². The van der Waals surface area contributed by atoms with E-state index in [9.17, 15) is 4.39 Å². The largest absolute Gasteiger partial charge is 0.327 e. The molecule has 1 heterocycles. The molecule has 1 aromatic rings. The van der Waals surface area contributed by atoms with E-state index < -0.39 is 0 Å². The Hall–Kier alpha value is -0.250. The van der Waals surface area contributed by atoms with Crippen LogP contribution in [0, 0.1) is 11.7 Å². The molecule has 2 atom stereocenters. The molecular weight excluding hydrogens is 245 g/mol. The lowest BCUT2D eigenvalue weighted by molar-refractivity contribution is 0.462. The lowest BCUT2D eigenvalue weighted by Crippen LogP contribution is -2.32. The Morgan fingerprint density at radius 2 is 2.38 bits per heavy atom. The summed E-state index contributed by atoms with van der Waals surface area (Å²) >= 11 is 7.70. The zero-order valence-electron chi connectivity index (χ0n) is 8.96. The third-order valence-corrected chi connectivity index (χ3v) is 4.50. The van der Waals surface area contributed by atoms with Crippen LogP contribution in [0.5, 0.6) is 0 Å². The minimum absolute atomic E-state index is 0.163. The number of hydrogen-bond donors (Lipinski definition) is 1. The van der Waals surface area contributed by atoms with Gasteiger partial charge in [0.15, 0.2) is 0 Å². The highest BCUT2D eigenvalue weighted by Gasteiger charge is 2.22. The third kappa shape index (κ3) is 2.90. The first-order valence-electron chi connectivity index (χ1n) is 5.44. The highest BCUT2D eigenvalue weighted by atomic mass is 35.5. The molecule has 4 heteroatoms. The molecule has 2 rings (SSSR count). The predicted octanol–water partition coefficient (Wildman–Crippen LogP) is 3.10. The first kappa shape index (κ1) is 12.2. The van der Waals surface area contributed by atoms with Crippen LogP contribution in [0.15, 0.2) is 18.2 Å². The number of hydrogen-bond acceptors (Lipinski definition) is 2. The van der Waals surface area contributed by atoms with Crippen molar-refractivity contribution in [2.45, 2.75) is 18.9 Å². The fraction of sp³-hybridized carbons (Fsp3) is 0.500. The van der Waals surface area contributed by atoms with E-state index in [0.29, 0.717) is 5.92 Å². The van der Waals surface area contributed by atoms with Gasteiger partial charge in [-0.2, -0.15) is 11.8 Å². The summed E-state index contributed by atoms with van der Waals surface area (Å²) in [5.74, 6) is 2.59. The quantitative estimate of drug-likeness (QED) is 0.903. The number of benzene rings is 1. The van der Waals surface area contributed by atoms with Gasteiger partial charge in [-0.05, 0) is 48.0 Å². The van der Waals surface area contributed by atoms with E-state index in [1.807, 2.05) is 11.8 Å². The highest BCUT2D eigenvalue weighted by Crippen LogP contribution is 2.27. The molecule has 0 saturated carbocycles. The van der Waals surface area contributed by atoms with Crippen molar-refractivity contribution < 1.29 is 4.39 Å². The summed E-state index contributed by atoms with van der Waals surface area (Å²) in [6.45, 7) is 0. The smallest absolute Gasteiger partial charge is 0.141 e. The Kier molecular flexibility index (Phi) is 4.11. The van der Waals surface area contributed by atoms with E-state index in [1.54, 1.807) is 12.1 Å². The van der Waals surface area contributed by atoms with Crippen molar-refractivity contribution in [3.8, 4) is 0 Å². The first-order chi connectivity index (χ1) is 7.66. The summed E-state index contributed by atoms with van der Waals surface area (Å²) in [5.41, 5.74) is 7.17. The second-order valence-corrected chi connectivity index (χ2v) is 5.80. The maximum Gasteiger partial charge on any atom is 0.141 e. The van der Waals surface area contributed by atoms with Gasteiger partial charge in [0.2, 0.25) is 0 Å². The Morgan fingerprint density at radius 1 is 1.56 bits per heavy atom. The standard InChI is InChI=1S/C12H15ClFNS/c13-10-5-8(1-2-11(10)14)6-12(15)9-3-4-16-7-9/h1-2,5,9,12H,3-4,6-7,15H2. The molecule has 88 valence electrons. The molecule has 0 aliphatic carbocycles. The number of thioether (sulfide) groups is 1. The zero-order valence-corrected chi connectivity index (χ0v) is 10.5. The molecule has 0 radical (unpaired) electrons. The second kappa shape index (κ2) is 5.39. The van der Waals surface area contributed by atoms with Gasteiger partial charge in [-0.3, -0.25) is 0 Å². The van der Waals surface area contributed by atoms with E-state index in [1.165, 1.54) is 18.2 Å². The average molecular weight is 260 g/mol. The van der Waals surface area contributed by atoms with Gasteiger partial charge in [0.05, 0.1) is 5.02 Å². The van der Waals surface area contributed by atoms with Crippen LogP contribution in [0.1, 0.15) is 12.0 Å². The molecule has 0 spiro atoms. The minimum atomic E-state index is -0.365. The van der Waals surface area contributed by atoms with Gasteiger partial charge in [0, 0.05) is 6.04 Å². The first-order valence-corrected chi connectivity index (χ1v) is 6.97. The van der Waals surface area contributed by atoms with Gasteiger partial charge in [-0.15, -0.1) is 0 Å². The van der Waals surface area contributed by atoms with Gasteiger partial charge < -0.3 is 5.73 Å². The van der Waals surface area contributed by atoms with E-state index in [0.717, 1.165) is 17.7 Å². The molecule has 1 nitrogen and oxygen atoms in total. The van der Waals surface area contributed by atoms with E-state index in [2.05, 4.69) is 0 Å². The molecular formula is C12H15ClFNS. The van der Waals surface area contributed by atoms with E-state index in [-0.39, 0.29) is 16.9 Å². The van der Waals surface area contributed by atoms with E-state index in [4.69, 9.17) is 17.3 Å². The lowest BCUT2D eigenvalue weighted by Gasteiger charge is -2.18. The van der Waals surface area contributed by atoms with Crippen LogP contribution in [-0.4, -0.2) is 17.5 Å². The van der Waals surface area contributed by atoms with Crippen LogP contribution in [0.4, 0.5) is 4.39 Å². The summed E-state index contributed by atoms with van der Waals surface area (Å²) in [6.07, 6.45) is 1.98. The fourth-order valence-electron chi connectivity index (χ4n) is 2.00. The van der Waals surface area contributed by atoms with Crippen LogP contribution in [0.2, 0.25) is 5.02 Å². The number of rotatable bonds is 3. The molecule has 1 saturated heterocycles.